The molecule has 1 N–H and O–H groups in total. The molecule has 1 aromatic rings. The summed E-state index contributed by atoms with van der Waals surface area (Å²) in [6, 6.07) is 5.08. The van der Waals surface area contributed by atoms with Gasteiger partial charge in [0, 0.05) is 36.1 Å². The van der Waals surface area contributed by atoms with Crippen molar-refractivity contribution in [1.29, 1.82) is 0 Å². The van der Waals surface area contributed by atoms with Crippen LogP contribution in [0.5, 0.6) is 0 Å². The van der Waals surface area contributed by atoms with E-state index in [2.05, 4.69) is 45.2 Å². The molecule has 1 aliphatic heterocycles. The van der Waals surface area contributed by atoms with Gasteiger partial charge in [0.1, 0.15) is 0 Å². The largest absolute Gasteiger partial charge is 0.308 e. The normalized spacial score (nSPS) is 27.8. The van der Waals surface area contributed by atoms with Crippen molar-refractivity contribution in [2.45, 2.75) is 57.2 Å². The second-order valence-corrected chi connectivity index (χ2v) is 8.73. The fraction of sp³-hybridized carbons (Fsp3) is 0.733. The maximum Gasteiger partial charge on any atom is 0.0701 e. The fourth-order valence-corrected chi connectivity index (χ4v) is 5.01. The summed E-state index contributed by atoms with van der Waals surface area (Å²) in [5, 5.41) is 3.86. The number of rotatable bonds is 2. The maximum atomic E-state index is 3.86. The molecule has 2 heterocycles. The van der Waals surface area contributed by atoms with Crippen LogP contribution in [0.25, 0.3) is 0 Å². The topological polar surface area (TPSA) is 15.3 Å². The van der Waals surface area contributed by atoms with Crippen LogP contribution in [0.1, 0.15) is 43.9 Å². The number of halogens is 1. The van der Waals surface area contributed by atoms with Gasteiger partial charge in [-0.1, -0.05) is 19.3 Å². The van der Waals surface area contributed by atoms with Crippen LogP contribution in [0.15, 0.2) is 15.9 Å². The number of piperazine rings is 1. The molecule has 0 aromatic carbocycles. The standard InChI is InChI=1S/C15H23BrN2S/c1-12-9-17-15(7-3-2-4-8-15)11-18(12)10-13-5-6-14(16)19-13/h5-6,12,17H,2-4,7-11H2,1H3. The van der Waals surface area contributed by atoms with E-state index in [-0.39, 0.29) is 0 Å². The molecule has 4 heteroatoms. The molecule has 2 fully saturated rings. The Morgan fingerprint density at radius 1 is 1.37 bits per heavy atom. The predicted molar refractivity (Wildman–Crippen MR) is 85.7 cm³/mol. The first-order chi connectivity index (χ1) is 9.17. The minimum Gasteiger partial charge on any atom is -0.308 e. The monoisotopic (exact) mass is 342 g/mol. The third-order valence-corrected chi connectivity index (χ3v) is 6.31. The number of hydrogen-bond donors (Lipinski definition) is 1. The first kappa shape index (κ1) is 14.1. The average molecular weight is 343 g/mol. The second kappa shape index (κ2) is 5.84. The summed E-state index contributed by atoms with van der Waals surface area (Å²) >= 11 is 5.44. The zero-order valence-corrected chi connectivity index (χ0v) is 14.0. The van der Waals surface area contributed by atoms with Gasteiger partial charge in [0.05, 0.1) is 3.79 Å². The Bertz CT molecular complexity index is 426. The van der Waals surface area contributed by atoms with Gasteiger partial charge in [-0.2, -0.15) is 0 Å². The molecule has 19 heavy (non-hydrogen) atoms. The van der Waals surface area contributed by atoms with Crippen molar-refractivity contribution in [1.82, 2.24) is 10.2 Å². The van der Waals surface area contributed by atoms with E-state index in [9.17, 15) is 0 Å². The quantitative estimate of drug-likeness (QED) is 0.873. The van der Waals surface area contributed by atoms with Gasteiger partial charge in [0.15, 0.2) is 0 Å². The summed E-state index contributed by atoms with van der Waals surface area (Å²) in [6.45, 7) is 5.84. The van der Waals surface area contributed by atoms with Gasteiger partial charge in [0.2, 0.25) is 0 Å². The van der Waals surface area contributed by atoms with Gasteiger partial charge in [-0.25, -0.2) is 0 Å². The first-order valence-electron chi connectivity index (χ1n) is 7.40. The van der Waals surface area contributed by atoms with Crippen LogP contribution in [0.3, 0.4) is 0 Å². The van der Waals surface area contributed by atoms with Crippen LogP contribution in [0, 0.1) is 0 Å². The lowest BCUT2D eigenvalue weighted by Gasteiger charge is -2.49. The zero-order valence-electron chi connectivity index (χ0n) is 11.6. The summed E-state index contributed by atoms with van der Waals surface area (Å²) in [4.78, 5) is 4.16. The van der Waals surface area contributed by atoms with Crippen LogP contribution in [0.2, 0.25) is 0 Å². The van der Waals surface area contributed by atoms with Crippen LogP contribution < -0.4 is 5.32 Å². The smallest absolute Gasteiger partial charge is 0.0701 e. The van der Waals surface area contributed by atoms with E-state index in [1.807, 2.05) is 11.3 Å². The molecule has 1 aromatic heterocycles. The lowest BCUT2D eigenvalue weighted by molar-refractivity contribution is 0.0580. The Balaban J connectivity index is 1.68. The summed E-state index contributed by atoms with van der Waals surface area (Å²) in [5.74, 6) is 0. The van der Waals surface area contributed by atoms with Crippen molar-refractivity contribution in [3.8, 4) is 0 Å². The number of thiophene rings is 1. The van der Waals surface area contributed by atoms with Gasteiger partial charge >= 0.3 is 0 Å². The van der Waals surface area contributed by atoms with Crippen molar-refractivity contribution >= 4 is 27.3 Å². The number of nitrogens with zero attached hydrogens (tertiary/aromatic N) is 1. The van der Waals surface area contributed by atoms with Crippen LogP contribution in [0.4, 0.5) is 0 Å². The summed E-state index contributed by atoms with van der Waals surface area (Å²) in [5.41, 5.74) is 0.416. The Kier molecular flexibility index (Phi) is 4.32. The van der Waals surface area contributed by atoms with Crippen molar-refractivity contribution in [3.05, 3.63) is 20.8 Å². The molecule has 2 nitrogen and oxygen atoms in total. The molecular formula is C15H23BrN2S. The highest BCUT2D eigenvalue weighted by molar-refractivity contribution is 9.11. The third-order valence-electron chi connectivity index (χ3n) is 4.70. The molecule has 3 rings (SSSR count). The molecule has 1 saturated carbocycles. The third kappa shape index (κ3) is 3.23. The van der Waals surface area contributed by atoms with E-state index >= 15 is 0 Å². The molecule has 0 bridgehead atoms. The van der Waals surface area contributed by atoms with Crippen LogP contribution in [-0.4, -0.2) is 29.6 Å². The van der Waals surface area contributed by atoms with E-state index < -0.39 is 0 Å². The highest BCUT2D eigenvalue weighted by Gasteiger charge is 2.38. The van der Waals surface area contributed by atoms with Gasteiger partial charge in [0.25, 0.3) is 0 Å². The van der Waals surface area contributed by atoms with E-state index in [0.29, 0.717) is 11.6 Å². The minimum atomic E-state index is 0.416. The highest BCUT2D eigenvalue weighted by Crippen LogP contribution is 2.33. The predicted octanol–water partition coefficient (Wildman–Crippen LogP) is 4.01. The Hall–Kier alpha value is 0.1000. The second-order valence-electron chi connectivity index (χ2n) is 6.18. The number of hydrogen-bond acceptors (Lipinski definition) is 3. The first-order valence-corrected chi connectivity index (χ1v) is 9.01. The average Bonchev–Trinajstić information content (AvgIpc) is 2.81. The SMILES string of the molecule is CC1CNC2(CCCCC2)CN1Cc1ccc(Br)s1. The summed E-state index contributed by atoms with van der Waals surface area (Å²) in [7, 11) is 0. The lowest BCUT2D eigenvalue weighted by atomic mass is 9.79. The van der Waals surface area contributed by atoms with E-state index in [4.69, 9.17) is 0 Å². The molecule has 1 unspecified atom stereocenters. The van der Waals surface area contributed by atoms with Crippen LogP contribution >= 0.6 is 27.3 Å². The highest BCUT2D eigenvalue weighted by atomic mass is 79.9. The molecule has 1 spiro atoms. The fourth-order valence-electron chi connectivity index (χ4n) is 3.51. The molecule has 106 valence electrons. The van der Waals surface area contributed by atoms with E-state index in [0.717, 1.165) is 13.1 Å². The molecule has 1 atom stereocenters. The van der Waals surface area contributed by atoms with Gasteiger partial charge in [-0.3, -0.25) is 4.90 Å². The van der Waals surface area contributed by atoms with Crippen molar-refractivity contribution in [2.24, 2.45) is 0 Å². The van der Waals surface area contributed by atoms with Crippen LogP contribution in [-0.2, 0) is 6.54 Å². The molecular weight excluding hydrogens is 320 g/mol. The molecule has 2 aliphatic rings. The summed E-state index contributed by atoms with van der Waals surface area (Å²) < 4.78 is 1.25. The van der Waals surface area contributed by atoms with E-state index in [1.54, 1.807) is 0 Å². The van der Waals surface area contributed by atoms with Gasteiger partial charge < -0.3 is 5.32 Å². The van der Waals surface area contributed by atoms with Crippen molar-refractivity contribution in [2.75, 3.05) is 13.1 Å². The van der Waals surface area contributed by atoms with Crippen molar-refractivity contribution in [3.63, 3.8) is 0 Å². The van der Waals surface area contributed by atoms with Gasteiger partial charge in [-0.05, 0) is 47.8 Å². The molecule has 1 aliphatic carbocycles. The molecule has 0 radical (unpaired) electrons. The number of nitrogens with one attached hydrogen (secondary N) is 1. The van der Waals surface area contributed by atoms with Gasteiger partial charge in [-0.15, -0.1) is 11.3 Å². The zero-order chi connectivity index (χ0) is 13.3. The minimum absolute atomic E-state index is 0.416. The Labute approximate surface area is 128 Å². The lowest BCUT2D eigenvalue weighted by Crippen LogP contribution is -2.63. The Morgan fingerprint density at radius 3 is 2.84 bits per heavy atom. The maximum absolute atomic E-state index is 3.86. The summed E-state index contributed by atoms with van der Waals surface area (Å²) in [6.07, 6.45) is 6.96. The Morgan fingerprint density at radius 2 is 2.16 bits per heavy atom. The van der Waals surface area contributed by atoms with E-state index in [1.165, 1.54) is 47.3 Å². The molecule has 1 saturated heterocycles. The van der Waals surface area contributed by atoms with Crippen molar-refractivity contribution < 1.29 is 0 Å². The molecule has 0 amide bonds.